The Balaban J connectivity index is 0.000000399. The molecule has 0 unspecified atom stereocenters. The van der Waals surface area contributed by atoms with Crippen molar-refractivity contribution in [2.24, 2.45) is 0 Å². The van der Waals surface area contributed by atoms with Crippen molar-refractivity contribution < 1.29 is 0 Å². The number of halogens is 1. The summed E-state index contributed by atoms with van der Waals surface area (Å²) in [6.45, 7) is 0. The molecule has 0 saturated carbocycles. The minimum Gasteiger partial charge on any atom is -0.231 e. The fourth-order valence-corrected chi connectivity index (χ4v) is 2.11. The second kappa shape index (κ2) is 11.2. The van der Waals surface area contributed by atoms with Crippen molar-refractivity contribution in [3.63, 3.8) is 0 Å². The monoisotopic (exact) mass is 297 g/mol. The number of nitrogens with zero attached hydrogens (tertiary/aromatic N) is 2. The van der Waals surface area contributed by atoms with Crippen LogP contribution >= 0.6 is 35.1 Å². The maximum Gasteiger partial charge on any atom is 0.188 e. The third-order valence-corrected chi connectivity index (χ3v) is 3.58. The second-order valence-electron chi connectivity index (χ2n) is 3.37. The zero-order valence-corrected chi connectivity index (χ0v) is 13.3. The summed E-state index contributed by atoms with van der Waals surface area (Å²) < 4.78 is 0. The van der Waals surface area contributed by atoms with Gasteiger partial charge in [-0.1, -0.05) is 11.8 Å². The van der Waals surface area contributed by atoms with E-state index in [4.69, 9.17) is 42.5 Å². The summed E-state index contributed by atoms with van der Waals surface area (Å²) in [5.74, 6) is 0.477. The van der Waals surface area contributed by atoms with Gasteiger partial charge in [0.15, 0.2) is 5.16 Å². The standard InChI is InChI=1S/C7H9ClN2S2.B7/c1-11-6-5(3-8)4-9-7(10-6)12-2;1-5-7(4)6(2)3/h4H,3H2,1-2H3;. The molecule has 1 heterocycles. The van der Waals surface area contributed by atoms with E-state index >= 15 is 0 Å². The normalized spacial score (nSPS) is 9.21. The number of rotatable bonds is 5. The second-order valence-corrected chi connectivity index (χ2v) is 5.21. The molecule has 9 radical (unpaired) electrons. The quantitative estimate of drug-likeness (QED) is 0.251. The van der Waals surface area contributed by atoms with Crippen LogP contribution in [0.15, 0.2) is 16.4 Å². The number of hydrogen-bond donors (Lipinski definition) is 0. The molecular weight excluding hydrogens is 287 g/mol. The largest absolute Gasteiger partial charge is 0.231 e. The van der Waals surface area contributed by atoms with Gasteiger partial charge >= 0.3 is 0 Å². The Hall–Kier alpha value is 0.525. The minimum atomic E-state index is -0.537. The van der Waals surface area contributed by atoms with Gasteiger partial charge in [-0.2, -0.15) is 0 Å². The van der Waals surface area contributed by atoms with E-state index in [1.54, 1.807) is 18.0 Å². The van der Waals surface area contributed by atoms with Crippen LogP contribution in [0.25, 0.3) is 0 Å². The van der Waals surface area contributed by atoms with E-state index in [0.29, 0.717) is 5.88 Å². The molecule has 1 rings (SSSR count). The van der Waals surface area contributed by atoms with Gasteiger partial charge < -0.3 is 0 Å². The van der Waals surface area contributed by atoms with E-state index in [2.05, 4.69) is 9.97 Å². The lowest BCUT2D eigenvalue weighted by molar-refractivity contribution is 0.867. The first-order valence-corrected chi connectivity index (χ1v) is 8.30. The van der Waals surface area contributed by atoms with E-state index in [9.17, 15) is 0 Å². The molecule has 0 spiro atoms. The summed E-state index contributed by atoms with van der Waals surface area (Å²) in [6, 6.07) is 0. The molecule has 0 N–H and O–H groups in total. The Labute approximate surface area is 136 Å². The molecule has 19 heavy (non-hydrogen) atoms. The maximum atomic E-state index is 5.71. The molecule has 0 aliphatic heterocycles. The molecule has 0 amide bonds. The molecule has 0 bridgehead atoms. The lowest BCUT2D eigenvalue weighted by Crippen LogP contribution is -2.43. The van der Waals surface area contributed by atoms with Crippen LogP contribution in [-0.4, -0.2) is 73.3 Å². The average Bonchev–Trinajstić information content (AvgIpc) is 2.45. The SMILES string of the molecule is CSc1ncc(CCl)c(SC)n1.[B][B]B([B])B([B])[B]. The van der Waals surface area contributed by atoms with Crippen molar-refractivity contribution in [2.75, 3.05) is 12.5 Å². The van der Waals surface area contributed by atoms with Crippen LogP contribution in [0.1, 0.15) is 5.56 Å². The van der Waals surface area contributed by atoms with Gasteiger partial charge in [0.2, 0.25) is 0 Å². The fraction of sp³-hybridized carbons (Fsp3) is 0.429. The highest BCUT2D eigenvalue weighted by atomic mass is 35.5. The molecule has 0 aliphatic carbocycles. The molecule has 0 atom stereocenters. The van der Waals surface area contributed by atoms with Gasteiger partial charge in [0, 0.05) is 62.5 Å². The van der Waals surface area contributed by atoms with Crippen LogP contribution in [0.5, 0.6) is 0 Å². The first-order valence-electron chi connectivity index (χ1n) is 5.31. The van der Waals surface area contributed by atoms with Crippen LogP contribution in [0.2, 0.25) is 0 Å². The van der Waals surface area contributed by atoms with E-state index < -0.39 is 6.39 Å². The van der Waals surface area contributed by atoms with Crippen LogP contribution in [-0.2, 0) is 5.88 Å². The summed E-state index contributed by atoms with van der Waals surface area (Å²) in [7, 11) is 21.6. The van der Waals surface area contributed by atoms with E-state index in [-0.39, 0.29) is 6.39 Å². The van der Waals surface area contributed by atoms with Crippen molar-refractivity contribution in [3.05, 3.63) is 11.8 Å². The van der Waals surface area contributed by atoms with Crippen molar-refractivity contribution in [3.8, 4) is 0 Å². The third kappa shape index (κ3) is 7.76. The van der Waals surface area contributed by atoms with Crippen LogP contribution in [0.4, 0.5) is 0 Å². The summed E-state index contributed by atoms with van der Waals surface area (Å²) >= 11 is 8.85. The topological polar surface area (TPSA) is 25.8 Å². The average molecular weight is 296 g/mol. The smallest absolute Gasteiger partial charge is 0.188 e. The number of aromatic nitrogens is 2. The number of alkyl halides is 1. The minimum absolute atomic E-state index is 0.389. The highest BCUT2D eigenvalue weighted by molar-refractivity contribution is 7.99. The molecule has 1 aromatic heterocycles. The van der Waals surface area contributed by atoms with Gasteiger partial charge in [0.05, 0.1) is 5.88 Å². The fourth-order valence-electron chi connectivity index (χ4n) is 0.871. The Morgan fingerprint density at radius 1 is 1.32 bits per heavy atom. The summed E-state index contributed by atoms with van der Waals surface area (Å²) in [5.41, 5.74) is 1.00. The van der Waals surface area contributed by atoms with Crippen molar-refractivity contribution in [2.45, 2.75) is 16.1 Å². The Kier molecular flexibility index (Phi) is 11.5. The van der Waals surface area contributed by atoms with Crippen molar-refractivity contribution >= 4 is 85.9 Å². The van der Waals surface area contributed by atoms with Gasteiger partial charge in [0.1, 0.15) is 5.03 Å². The third-order valence-electron chi connectivity index (χ3n) is 1.99. The van der Waals surface area contributed by atoms with Gasteiger partial charge in [0.25, 0.3) is 0 Å². The highest BCUT2D eigenvalue weighted by Gasteiger charge is 2.06. The van der Waals surface area contributed by atoms with Gasteiger partial charge in [-0.3, -0.25) is 0 Å². The Morgan fingerprint density at radius 2 is 1.95 bits per heavy atom. The molecule has 0 fully saturated rings. The number of thioether (sulfide) groups is 2. The lowest BCUT2D eigenvalue weighted by atomic mass is 8.76. The van der Waals surface area contributed by atoms with Crippen LogP contribution < -0.4 is 0 Å². The molecule has 2 nitrogen and oxygen atoms in total. The van der Waals surface area contributed by atoms with Gasteiger partial charge in [-0.15, -0.1) is 23.4 Å². The first-order chi connectivity index (χ1) is 8.99. The molecular formula is C7H9B7ClN2S2. The van der Waals surface area contributed by atoms with Gasteiger partial charge in [-0.05, 0) is 12.5 Å². The van der Waals surface area contributed by atoms with E-state index in [1.165, 1.54) is 18.8 Å². The van der Waals surface area contributed by atoms with Gasteiger partial charge in [-0.25, -0.2) is 9.97 Å². The van der Waals surface area contributed by atoms with E-state index in [1.807, 2.05) is 12.5 Å². The highest BCUT2D eigenvalue weighted by Crippen LogP contribution is 2.21. The summed E-state index contributed by atoms with van der Waals surface area (Å²) in [4.78, 5) is 8.44. The zero-order chi connectivity index (χ0) is 14.8. The van der Waals surface area contributed by atoms with Crippen molar-refractivity contribution in [1.29, 1.82) is 0 Å². The predicted molar refractivity (Wildman–Crippen MR) is 95.4 cm³/mol. The molecule has 12 heteroatoms. The van der Waals surface area contributed by atoms with Crippen LogP contribution in [0, 0.1) is 0 Å². The molecule has 1 aromatic rings. The first kappa shape index (κ1) is 19.5. The van der Waals surface area contributed by atoms with Crippen molar-refractivity contribution in [1.82, 2.24) is 9.97 Å². The van der Waals surface area contributed by atoms with E-state index in [0.717, 1.165) is 15.7 Å². The predicted octanol–water partition coefficient (Wildman–Crippen LogP) is -0.00640. The number of hydrogen-bond acceptors (Lipinski definition) is 4. The summed E-state index contributed by atoms with van der Waals surface area (Å²) in [6.07, 6.45) is 4.81. The van der Waals surface area contributed by atoms with Crippen LogP contribution in [0.3, 0.4) is 0 Å². The molecule has 0 aliphatic rings. The Bertz CT molecular complexity index is 373. The molecule has 0 saturated heterocycles. The molecule has 0 aromatic carbocycles. The molecule has 87 valence electrons. The lowest BCUT2D eigenvalue weighted by Gasteiger charge is -2.05. The summed E-state index contributed by atoms with van der Waals surface area (Å²) in [5, 5.41) is 1.78. The maximum absolute atomic E-state index is 5.71. The zero-order valence-electron chi connectivity index (χ0n) is 10.9. The Morgan fingerprint density at radius 3 is 2.26 bits per heavy atom.